The fourth-order valence-corrected chi connectivity index (χ4v) is 5.45. The van der Waals surface area contributed by atoms with Crippen molar-refractivity contribution in [1.29, 1.82) is 0 Å². The maximum atomic E-state index is 12.9. The number of carbonyl (C=O) groups excluding carboxylic acids is 2. The monoisotopic (exact) mass is 426 g/mol. The maximum Gasteiger partial charge on any atom is 0.225 e. The van der Waals surface area contributed by atoms with Crippen molar-refractivity contribution >= 4 is 11.8 Å². The van der Waals surface area contributed by atoms with Crippen molar-refractivity contribution in [3.05, 3.63) is 29.8 Å². The Bertz CT molecular complexity index is 807. The van der Waals surface area contributed by atoms with Gasteiger partial charge in [0.25, 0.3) is 0 Å². The van der Waals surface area contributed by atoms with Crippen molar-refractivity contribution in [1.82, 2.24) is 10.2 Å². The van der Waals surface area contributed by atoms with Gasteiger partial charge in [0.15, 0.2) is 0 Å². The van der Waals surface area contributed by atoms with Gasteiger partial charge in [-0.15, -0.1) is 0 Å². The van der Waals surface area contributed by atoms with Crippen molar-refractivity contribution in [2.75, 3.05) is 32.8 Å². The summed E-state index contributed by atoms with van der Waals surface area (Å²) < 4.78 is 12.0. The number of benzene rings is 1. The summed E-state index contributed by atoms with van der Waals surface area (Å²) in [6.07, 6.45) is 7.18. The number of piperidine rings is 1. The Morgan fingerprint density at radius 1 is 1.06 bits per heavy atom. The minimum Gasteiger partial charge on any atom is -0.487 e. The summed E-state index contributed by atoms with van der Waals surface area (Å²) in [6, 6.07) is 8.17. The number of rotatable bonds is 5. The second-order valence-corrected chi connectivity index (χ2v) is 9.89. The summed E-state index contributed by atoms with van der Waals surface area (Å²) >= 11 is 0. The summed E-state index contributed by atoms with van der Waals surface area (Å²) in [5, 5.41) is 3.13. The van der Waals surface area contributed by atoms with Gasteiger partial charge in [-0.05, 0) is 49.7 Å². The third-order valence-electron chi connectivity index (χ3n) is 7.58. The largest absolute Gasteiger partial charge is 0.487 e. The molecule has 0 aromatic heterocycles. The zero-order chi connectivity index (χ0) is 21.3. The van der Waals surface area contributed by atoms with E-state index < -0.39 is 0 Å². The van der Waals surface area contributed by atoms with Crippen molar-refractivity contribution < 1.29 is 19.1 Å². The molecule has 1 aliphatic carbocycles. The minimum absolute atomic E-state index is 0.110. The second-order valence-electron chi connectivity index (χ2n) is 9.89. The molecule has 6 heteroatoms. The van der Waals surface area contributed by atoms with Gasteiger partial charge in [0.1, 0.15) is 11.4 Å². The number of nitrogens with one attached hydrogen (secondary N) is 1. The Kier molecular flexibility index (Phi) is 5.91. The molecule has 0 radical (unpaired) electrons. The van der Waals surface area contributed by atoms with E-state index in [0.717, 1.165) is 63.1 Å². The van der Waals surface area contributed by atoms with E-state index in [1.807, 2.05) is 23.1 Å². The number of hydrogen-bond acceptors (Lipinski definition) is 4. The summed E-state index contributed by atoms with van der Waals surface area (Å²) in [5.74, 6) is 2.31. The normalized spacial score (nSPS) is 25.5. The van der Waals surface area contributed by atoms with Crippen LogP contribution in [0.5, 0.6) is 5.75 Å². The lowest BCUT2D eigenvalue weighted by molar-refractivity contribution is -0.142. The third kappa shape index (κ3) is 4.74. The topological polar surface area (TPSA) is 67.9 Å². The van der Waals surface area contributed by atoms with Gasteiger partial charge >= 0.3 is 0 Å². The van der Waals surface area contributed by atoms with E-state index in [0.29, 0.717) is 25.6 Å². The molecule has 2 saturated heterocycles. The van der Waals surface area contributed by atoms with E-state index in [4.69, 9.17) is 9.47 Å². The Labute approximate surface area is 184 Å². The highest BCUT2D eigenvalue weighted by atomic mass is 16.5. The molecule has 0 bridgehead atoms. The lowest BCUT2D eigenvalue weighted by Gasteiger charge is -2.47. The second kappa shape index (κ2) is 8.81. The van der Waals surface area contributed by atoms with Gasteiger partial charge in [0.2, 0.25) is 11.8 Å². The Balaban J connectivity index is 1.24. The van der Waals surface area contributed by atoms with Gasteiger partial charge in [-0.3, -0.25) is 9.59 Å². The molecule has 31 heavy (non-hydrogen) atoms. The van der Waals surface area contributed by atoms with Crippen molar-refractivity contribution in [3.63, 3.8) is 0 Å². The smallest absolute Gasteiger partial charge is 0.225 e. The fourth-order valence-electron chi connectivity index (χ4n) is 5.45. The molecule has 6 nitrogen and oxygen atoms in total. The van der Waals surface area contributed by atoms with E-state index >= 15 is 0 Å². The fraction of sp³-hybridized carbons (Fsp3) is 0.680. The maximum absolute atomic E-state index is 12.9. The van der Waals surface area contributed by atoms with Crippen LogP contribution in [0.15, 0.2) is 24.3 Å². The number of likely N-dealkylation sites (tertiary alicyclic amines) is 1. The molecule has 1 aromatic carbocycles. The van der Waals surface area contributed by atoms with E-state index in [2.05, 4.69) is 11.4 Å². The first-order chi connectivity index (χ1) is 15.1. The Morgan fingerprint density at radius 3 is 2.55 bits per heavy atom. The lowest BCUT2D eigenvalue weighted by Crippen LogP contribution is -2.53. The van der Waals surface area contributed by atoms with E-state index in [-0.39, 0.29) is 29.3 Å². The molecule has 2 amide bonds. The number of ether oxygens (including phenoxy) is 2. The van der Waals surface area contributed by atoms with Crippen molar-refractivity contribution in [2.24, 2.45) is 11.8 Å². The lowest BCUT2D eigenvalue weighted by atomic mass is 9.76. The van der Waals surface area contributed by atoms with Gasteiger partial charge in [0.05, 0.1) is 0 Å². The van der Waals surface area contributed by atoms with Crippen LogP contribution >= 0.6 is 0 Å². The molecule has 168 valence electrons. The quantitative estimate of drug-likeness (QED) is 0.785. The van der Waals surface area contributed by atoms with Crippen LogP contribution < -0.4 is 10.1 Å². The van der Waals surface area contributed by atoms with Gasteiger partial charge in [-0.2, -0.15) is 0 Å². The molecule has 5 rings (SSSR count). The number of fused-ring (bicyclic) bond motifs is 1. The third-order valence-corrected chi connectivity index (χ3v) is 7.58. The predicted molar refractivity (Wildman–Crippen MR) is 117 cm³/mol. The molecule has 3 aliphatic heterocycles. The highest BCUT2D eigenvalue weighted by Gasteiger charge is 2.45. The van der Waals surface area contributed by atoms with Crippen LogP contribution in [-0.4, -0.2) is 55.2 Å². The van der Waals surface area contributed by atoms with Crippen LogP contribution in [0.1, 0.15) is 62.8 Å². The van der Waals surface area contributed by atoms with Crippen LogP contribution in [0.3, 0.4) is 0 Å². The summed E-state index contributed by atoms with van der Waals surface area (Å²) in [7, 11) is 0. The molecule has 1 saturated carbocycles. The first-order valence-electron chi connectivity index (χ1n) is 12.0. The zero-order valence-corrected chi connectivity index (χ0v) is 18.3. The van der Waals surface area contributed by atoms with Crippen LogP contribution in [0.25, 0.3) is 0 Å². The van der Waals surface area contributed by atoms with Crippen LogP contribution in [0.2, 0.25) is 0 Å². The number of hydrogen-bond donors (Lipinski definition) is 1. The van der Waals surface area contributed by atoms with Crippen molar-refractivity contribution in [3.8, 4) is 5.75 Å². The molecule has 3 heterocycles. The predicted octanol–water partition coefficient (Wildman–Crippen LogP) is 3.26. The van der Waals surface area contributed by atoms with E-state index in [1.165, 1.54) is 12.8 Å². The van der Waals surface area contributed by atoms with Crippen LogP contribution in [0, 0.1) is 11.8 Å². The molecule has 0 unspecified atom stereocenters. The molecule has 4 aliphatic rings. The summed E-state index contributed by atoms with van der Waals surface area (Å²) in [6.45, 7) is 3.67. The Hall–Kier alpha value is -2.08. The average Bonchev–Trinajstić information content (AvgIpc) is 3.63. The molecule has 1 spiro atoms. The molecule has 1 atom stereocenters. The number of para-hydroxylation sites is 1. The molecular formula is C25H34N2O4. The first-order valence-corrected chi connectivity index (χ1v) is 12.0. The summed E-state index contributed by atoms with van der Waals surface area (Å²) in [4.78, 5) is 27.6. The van der Waals surface area contributed by atoms with Crippen molar-refractivity contribution in [2.45, 2.75) is 62.9 Å². The number of amides is 2. The minimum atomic E-state index is -0.276. The van der Waals surface area contributed by atoms with Gasteiger partial charge < -0.3 is 19.7 Å². The average molecular weight is 427 g/mol. The first kappa shape index (κ1) is 20.8. The summed E-state index contributed by atoms with van der Waals surface area (Å²) in [5.41, 5.74) is 0.873. The zero-order valence-electron chi connectivity index (χ0n) is 18.3. The highest BCUT2D eigenvalue weighted by molar-refractivity contribution is 5.79. The Morgan fingerprint density at radius 2 is 1.81 bits per heavy atom. The van der Waals surface area contributed by atoms with E-state index in [1.54, 1.807) is 0 Å². The molecular weight excluding hydrogens is 392 g/mol. The molecule has 3 fully saturated rings. The van der Waals surface area contributed by atoms with Gasteiger partial charge in [0, 0.05) is 63.9 Å². The van der Waals surface area contributed by atoms with Gasteiger partial charge in [-0.1, -0.05) is 18.2 Å². The SMILES string of the molecule is O=C(C[C@@H]1CC2(CCN(C(=O)C3CCOCC3)CC2)Oc2ccccc21)NCC1CC1. The molecule has 1 aromatic rings. The van der Waals surface area contributed by atoms with Crippen LogP contribution in [0.4, 0.5) is 0 Å². The van der Waals surface area contributed by atoms with Gasteiger partial charge in [-0.25, -0.2) is 0 Å². The number of nitrogens with zero attached hydrogens (tertiary/aromatic N) is 1. The molecule has 1 N–H and O–H groups in total. The van der Waals surface area contributed by atoms with Crippen LogP contribution in [-0.2, 0) is 14.3 Å². The highest BCUT2D eigenvalue weighted by Crippen LogP contribution is 2.46. The standard InChI is InChI=1S/C25H34N2O4/c28-23(26-17-18-5-6-18)15-20-16-25(31-22-4-2-1-3-21(20)22)9-11-27(12-10-25)24(29)19-7-13-30-14-8-19/h1-4,18-20H,5-17H2,(H,26,28)/t20-/m1/s1. The van der Waals surface area contributed by atoms with E-state index in [9.17, 15) is 9.59 Å². The number of carbonyl (C=O) groups is 2.